The van der Waals surface area contributed by atoms with Gasteiger partial charge in [0.15, 0.2) is 0 Å². The molecule has 0 radical (unpaired) electrons. The van der Waals surface area contributed by atoms with Gasteiger partial charge in [0.2, 0.25) is 5.91 Å². The molecule has 1 aromatic carbocycles. The lowest BCUT2D eigenvalue weighted by Gasteiger charge is -2.42. The van der Waals surface area contributed by atoms with Crippen LogP contribution >= 0.6 is 0 Å². The van der Waals surface area contributed by atoms with Gasteiger partial charge in [0.05, 0.1) is 6.61 Å². The minimum atomic E-state index is -0.180. The van der Waals surface area contributed by atoms with E-state index in [9.17, 15) is 9.18 Å². The first-order chi connectivity index (χ1) is 13.0. The summed E-state index contributed by atoms with van der Waals surface area (Å²) in [5.74, 6) is 1.24. The highest BCUT2D eigenvalue weighted by atomic mass is 19.1. The van der Waals surface area contributed by atoms with Gasteiger partial charge in [-0.1, -0.05) is 12.1 Å². The number of amides is 1. The average molecular weight is 375 g/mol. The molecule has 1 aliphatic carbocycles. The van der Waals surface area contributed by atoms with Gasteiger partial charge < -0.3 is 9.64 Å². The van der Waals surface area contributed by atoms with Gasteiger partial charge in [-0.05, 0) is 67.8 Å². The maximum atomic E-state index is 13.1. The number of carbonyl (C=O) groups excluding carboxylic acids is 1. The van der Waals surface area contributed by atoms with E-state index >= 15 is 0 Å². The summed E-state index contributed by atoms with van der Waals surface area (Å²) in [5.41, 5.74) is 1.36. The minimum Gasteiger partial charge on any atom is -0.381 e. The zero-order valence-corrected chi connectivity index (χ0v) is 16.3. The molecule has 1 atom stereocenters. The second-order valence-electron chi connectivity index (χ2n) is 8.84. The van der Waals surface area contributed by atoms with Gasteiger partial charge in [0, 0.05) is 39.1 Å². The first kappa shape index (κ1) is 18.9. The molecule has 1 unspecified atom stereocenters. The monoisotopic (exact) mass is 374 g/mol. The van der Waals surface area contributed by atoms with E-state index in [4.69, 9.17) is 4.74 Å². The molecule has 3 aliphatic rings. The van der Waals surface area contributed by atoms with E-state index in [1.165, 1.54) is 25.0 Å². The summed E-state index contributed by atoms with van der Waals surface area (Å²) < 4.78 is 19.2. The van der Waals surface area contributed by atoms with E-state index in [-0.39, 0.29) is 17.1 Å². The topological polar surface area (TPSA) is 32.8 Å². The molecule has 5 heteroatoms. The first-order valence-electron chi connectivity index (χ1n) is 10.3. The zero-order valence-electron chi connectivity index (χ0n) is 16.3. The molecule has 1 spiro atoms. The van der Waals surface area contributed by atoms with Crippen LogP contribution in [-0.4, -0.2) is 55.1 Å². The number of likely N-dealkylation sites (tertiary alicyclic amines) is 2. The lowest BCUT2D eigenvalue weighted by Crippen LogP contribution is -2.45. The number of hydrogen-bond donors (Lipinski definition) is 0. The Kier molecular flexibility index (Phi) is 5.51. The summed E-state index contributed by atoms with van der Waals surface area (Å²) >= 11 is 0. The Morgan fingerprint density at radius 3 is 2.52 bits per heavy atom. The van der Waals surface area contributed by atoms with Gasteiger partial charge in [0.25, 0.3) is 0 Å². The van der Waals surface area contributed by atoms with E-state index in [1.807, 2.05) is 17.0 Å². The molecule has 2 heterocycles. The Morgan fingerprint density at radius 1 is 1.19 bits per heavy atom. The summed E-state index contributed by atoms with van der Waals surface area (Å²) in [6, 6.07) is 6.83. The Balaban J connectivity index is 1.35. The number of nitrogens with zero attached hydrogens (tertiary/aromatic N) is 2. The Morgan fingerprint density at radius 2 is 1.89 bits per heavy atom. The molecule has 0 bridgehead atoms. The zero-order chi connectivity index (χ0) is 18.9. The van der Waals surface area contributed by atoms with Crippen molar-refractivity contribution >= 4 is 5.91 Å². The van der Waals surface area contributed by atoms with Gasteiger partial charge in [0.1, 0.15) is 5.82 Å². The molecule has 0 aromatic heterocycles. The molecule has 1 amide bonds. The summed E-state index contributed by atoms with van der Waals surface area (Å²) in [6.45, 7) is 8.02. The van der Waals surface area contributed by atoms with Crippen molar-refractivity contribution in [3.63, 3.8) is 0 Å². The van der Waals surface area contributed by atoms with Crippen LogP contribution in [0.25, 0.3) is 0 Å². The number of benzene rings is 1. The standard InChI is InChI=1S/C22H31FN2O2/c1-17(26)25-13-20(15-27-14-19-2-3-19)22(16-25)8-10-24(11-9-22)12-18-4-6-21(23)7-5-18/h4-7,19-20H,2-3,8-16H2,1H3. The average Bonchev–Trinajstić information content (AvgIpc) is 3.41. The third-order valence-electron chi connectivity index (χ3n) is 6.80. The van der Waals surface area contributed by atoms with E-state index in [0.717, 1.165) is 70.3 Å². The van der Waals surface area contributed by atoms with Crippen LogP contribution in [0.5, 0.6) is 0 Å². The van der Waals surface area contributed by atoms with Crippen molar-refractivity contribution in [1.82, 2.24) is 9.80 Å². The van der Waals surface area contributed by atoms with Crippen LogP contribution in [0.2, 0.25) is 0 Å². The van der Waals surface area contributed by atoms with Crippen molar-refractivity contribution in [2.75, 3.05) is 39.4 Å². The Labute approximate surface area is 161 Å². The van der Waals surface area contributed by atoms with Crippen molar-refractivity contribution in [1.29, 1.82) is 0 Å². The van der Waals surface area contributed by atoms with Gasteiger partial charge in [-0.15, -0.1) is 0 Å². The molecule has 1 aromatic rings. The third-order valence-corrected chi connectivity index (χ3v) is 6.80. The number of hydrogen-bond acceptors (Lipinski definition) is 3. The van der Waals surface area contributed by atoms with Crippen LogP contribution in [0.1, 0.15) is 38.2 Å². The molecule has 0 N–H and O–H groups in total. The Bertz CT molecular complexity index is 651. The van der Waals surface area contributed by atoms with Crippen LogP contribution in [0.3, 0.4) is 0 Å². The molecular weight excluding hydrogens is 343 g/mol. The maximum absolute atomic E-state index is 13.1. The van der Waals surface area contributed by atoms with Crippen molar-refractivity contribution in [3.8, 4) is 0 Å². The minimum absolute atomic E-state index is 0.180. The number of rotatable bonds is 6. The predicted octanol–water partition coefficient (Wildman–Crippen LogP) is 3.31. The van der Waals surface area contributed by atoms with Gasteiger partial charge in [-0.2, -0.15) is 0 Å². The number of piperidine rings is 1. The van der Waals surface area contributed by atoms with Gasteiger partial charge in [-0.25, -0.2) is 4.39 Å². The molecule has 2 saturated heterocycles. The quantitative estimate of drug-likeness (QED) is 0.766. The normalized spacial score (nSPS) is 25.3. The SMILES string of the molecule is CC(=O)N1CC(COCC2CC2)C2(CCN(Cc3ccc(F)cc3)CC2)C1. The smallest absolute Gasteiger partial charge is 0.219 e. The molecule has 4 rings (SSSR count). The van der Waals surface area contributed by atoms with E-state index < -0.39 is 0 Å². The fraction of sp³-hybridized carbons (Fsp3) is 0.682. The summed E-state index contributed by atoms with van der Waals surface area (Å²) in [4.78, 5) is 16.5. The second-order valence-corrected chi connectivity index (χ2v) is 8.84. The van der Waals surface area contributed by atoms with E-state index in [2.05, 4.69) is 4.90 Å². The fourth-order valence-corrected chi connectivity index (χ4v) is 4.74. The summed E-state index contributed by atoms with van der Waals surface area (Å²) in [5, 5.41) is 0. The van der Waals surface area contributed by atoms with Crippen LogP contribution < -0.4 is 0 Å². The van der Waals surface area contributed by atoms with Gasteiger partial charge in [-0.3, -0.25) is 9.69 Å². The Hall–Kier alpha value is -1.46. The number of halogens is 1. The van der Waals surface area contributed by atoms with Crippen molar-refractivity contribution in [3.05, 3.63) is 35.6 Å². The van der Waals surface area contributed by atoms with E-state index in [1.54, 1.807) is 6.92 Å². The summed E-state index contributed by atoms with van der Waals surface area (Å²) in [7, 11) is 0. The number of ether oxygens (including phenoxy) is 1. The fourth-order valence-electron chi connectivity index (χ4n) is 4.74. The highest BCUT2D eigenvalue weighted by Gasteiger charge is 2.48. The van der Waals surface area contributed by atoms with Crippen LogP contribution in [0.4, 0.5) is 4.39 Å². The van der Waals surface area contributed by atoms with Crippen molar-refractivity contribution in [2.45, 2.75) is 39.2 Å². The molecule has 2 aliphatic heterocycles. The van der Waals surface area contributed by atoms with Crippen LogP contribution in [-0.2, 0) is 16.1 Å². The predicted molar refractivity (Wildman–Crippen MR) is 103 cm³/mol. The molecule has 1 saturated carbocycles. The molecule has 27 heavy (non-hydrogen) atoms. The van der Waals surface area contributed by atoms with Crippen LogP contribution in [0, 0.1) is 23.1 Å². The maximum Gasteiger partial charge on any atom is 0.219 e. The van der Waals surface area contributed by atoms with E-state index in [0.29, 0.717) is 5.92 Å². The lowest BCUT2D eigenvalue weighted by atomic mass is 9.71. The van der Waals surface area contributed by atoms with Crippen molar-refractivity contribution < 1.29 is 13.9 Å². The molecule has 4 nitrogen and oxygen atoms in total. The molecular formula is C22H31FN2O2. The summed E-state index contributed by atoms with van der Waals surface area (Å²) in [6.07, 6.45) is 4.84. The highest BCUT2D eigenvalue weighted by Crippen LogP contribution is 2.45. The largest absolute Gasteiger partial charge is 0.381 e. The highest BCUT2D eigenvalue weighted by molar-refractivity contribution is 5.73. The third kappa shape index (κ3) is 4.52. The first-order valence-corrected chi connectivity index (χ1v) is 10.3. The molecule has 148 valence electrons. The number of carbonyl (C=O) groups is 1. The van der Waals surface area contributed by atoms with Crippen molar-refractivity contribution in [2.24, 2.45) is 17.3 Å². The lowest BCUT2D eigenvalue weighted by molar-refractivity contribution is -0.128. The van der Waals surface area contributed by atoms with Gasteiger partial charge >= 0.3 is 0 Å². The second kappa shape index (κ2) is 7.88. The molecule has 3 fully saturated rings. The van der Waals surface area contributed by atoms with Crippen LogP contribution in [0.15, 0.2) is 24.3 Å².